The summed E-state index contributed by atoms with van der Waals surface area (Å²) in [6, 6.07) is 7.26. The van der Waals surface area contributed by atoms with Crippen molar-refractivity contribution in [3.8, 4) is 5.75 Å². The highest BCUT2D eigenvalue weighted by Gasteiger charge is 2.11. The van der Waals surface area contributed by atoms with Crippen molar-refractivity contribution in [3.63, 3.8) is 0 Å². The van der Waals surface area contributed by atoms with E-state index in [0.717, 1.165) is 5.69 Å². The van der Waals surface area contributed by atoms with Gasteiger partial charge >= 0.3 is 0 Å². The molecule has 0 amide bonds. The fourth-order valence-electron chi connectivity index (χ4n) is 1.46. The molecule has 6 nitrogen and oxygen atoms in total. The highest BCUT2D eigenvalue weighted by Crippen LogP contribution is 2.30. The van der Waals surface area contributed by atoms with E-state index >= 15 is 0 Å². The molecule has 0 radical (unpaired) electrons. The first-order valence-electron chi connectivity index (χ1n) is 5.13. The SMILES string of the molecule is COc1c(NN)ncnc1Nc1cccc(Cl)c1. The fourth-order valence-corrected chi connectivity index (χ4v) is 1.65. The van der Waals surface area contributed by atoms with Crippen LogP contribution in [0.5, 0.6) is 5.75 Å². The largest absolute Gasteiger partial charge is 0.490 e. The van der Waals surface area contributed by atoms with Gasteiger partial charge < -0.3 is 15.5 Å². The van der Waals surface area contributed by atoms with E-state index in [1.807, 2.05) is 12.1 Å². The van der Waals surface area contributed by atoms with Gasteiger partial charge in [-0.1, -0.05) is 17.7 Å². The molecule has 0 unspecified atom stereocenters. The van der Waals surface area contributed by atoms with Crippen molar-refractivity contribution in [2.24, 2.45) is 5.84 Å². The monoisotopic (exact) mass is 265 g/mol. The number of benzene rings is 1. The van der Waals surface area contributed by atoms with Crippen molar-refractivity contribution in [3.05, 3.63) is 35.6 Å². The van der Waals surface area contributed by atoms with E-state index in [2.05, 4.69) is 20.7 Å². The number of ether oxygens (including phenoxy) is 1. The summed E-state index contributed by atoms with van der Waals surface area (Å²) >= 11 is 5.91. The Morgan fingerprint density at radius 3 is 2.72 bits per heavy atom. The van der Waals surface area contributed by atoms with E-state index in [4.69, 9.17) is 22.2 Å². The van der Waals surface area contributed by atoms with E-state index in [9.17, 15) is 0 Å². The van der Waals surface area contributed by atoms with Crippen LogP contribution in [-0.4, -0.2) is 17.1 Å². The molecule has 2 rings (SSSR count). The number of hydrogen-bond donors (Lipinski definition) is 3. The molecule has 0 atom stereocenters. The van der Waals surface area contributed by atoms with Gasteiger partial charge in [-0.3, -0.25) is 0 Å². The van der Waals surface area contributed by atoms with Crippen molar-refractivity contribution in [2.75, 3.05) is 17.9 Å². The smallest absolute Gasteiger partial charge is 0.205 e. The Morgan fingerprint density at radius 1 is 1.28 bits per heavy atom. The molecule has 0 saturated heterocycles. The Labute approximate surface area is 109 Å². The summed E-state index contributed by atoms with van der Waals surface area (Å²) in [5, 5.41) is 3.71. The highest BCUT2D eigenvalue weighted by atomic mass is 35.5. The molecule has 0 spiro atoms. The van der Waals surface area contributed by atoms with E-state index in [1.54, 1.807) is 12.1 Å². The average Bonchev–Trinajstić information content (AvgIpc) is 2.38. The summed E-state index contributed by atoms with van der Waals surface area (Å²) in [6.45, 7) is 0. The predicted octanol–water partition coefficient (Wildman–Crippen LogP) is 2.17. The van der Waals surface area contributed by atoms with Crippen LogP contribution < -0.4 is 21.3 Å². The first kappa shape index (κ1) is 12.4. The van der Waals surface area contributed by atoms with Gasteiger partial charge in [0.15, 0.2) is 11.6 Å². The molecule has 7 heteroatoms. The summed E-state index contributed by atoms with van der Waals surface area (Å²) in [7, 11) is 1.52. The van der Waals surface area contributed by atoms with Crippen LogP contribution in [-0.2, 0) is 0 Å². The number of nitrogens with two attached hydrogens (primary N) is 1. The lowest BCUT2D eigenvalue weighted by Gasteiger charge is -2.12. The van der Waals surface area contributed by atoms with Crippen LogP contribution in [0.2, 0.25) is 5.02 Å². The second kappa shape index (κ2) is 5.52. The lowest BCUT2D eigenvalue weighted by Crippen LogP contribution is -2.11. The van der Waals surface area contributed by atoms with Gasteiger partial charge in [0.25, 0.3) is 0 Å². The third-order valence-corrected chi connectivity index (χ3v) is 2.47. The van der Waals surface area contributed by atoms with Gasteiger partial charge in [0, 0.05) is 10.7 Å². The van der Waals surface area contributed by atoms with E-state index < -0.39 is 0 Å². The molecular weight excluding hydrogens is 254 g/mol. The quantitative estimate of drug-likeness (QED) is 0.580. The van der Waals surface area contributed by atoms with Gasteiger partial charge in [-0.15, -0.1) is 0 Å². The van der Waals surface area contributed by atoms with E-state index in [0.29, 0.717) is 22.4 Å². The molecule has 0 aliphatic carbocycles. The molecule has 1 aromatic heterocycles. The maximum absolute atomic E-state index is 5.91. The molecule has 94 valence electrons. The van der Waals surface area contributed by atoms with Gasteiger partial charge in [-0.05, 0) is 18.2 Å². The zero-order valence-corrected chi connectivity index (χ0v) is 10.4. The minimum absolute atomic E-state index is 0.400. The third kappa shape index (κ3) is 2.61. The summed E-state index contributed by atoms with van der Waals surface area (Å²) in [6.07, 6.45) is 1.38. The Bertz CT molecular complexity index is 549. The minimum atomic E-state index is 0.400. The Kier molecular flexibility index (Phi) is 3.81. The zero-order valence-electron chi connectivity index (χ0n) is 9.64. The first-order valence-corrected chi connectivity index (χ1v) is 5.50. The summed E-state index contributed by atoms with van der Waals surface area (Å²) in [5.74, 6) is 6.68. The Morgan fingerprint density at radius 2 is 2.06 bits per heavy atom. The van der Waals surface area contributed by atoms with Crippen LogP contribution >= 0.6 is 11.6 Å². The van der Waals surface area contributed by atoms with Gasteiger partial charge in [0.1, 0.15) is 6.33 Å². The molecule has 0 aliphatic heterocycles. The number of anilines is 3. The van der Waals surface area contributed by atoms with Gasteiger partial charge in [-0.25, -0.2) is 15.8 Å². The van der Waals surface area contributed by atoms with Gasteiger partial charge in [-0.2, -0.15) is 0 Å². The molecule has 0 bridgehead atoms. The van der Waals surface area contributed by atoms with Crippen molar-refractivity contribution in [2.45, 2.75) is 0 Å². The van der Waals surface area contributed by atoms with Crippen LogP contribution in [0.3, 0.4) is 0 Å². The van der Waals surface area contributed by atoms with Crippen molar-refractivity contribution in [1.29, 1.82) is 0 Å². The van der Waals surface area contributed by atoms with Crippen molar-refractivity contribution >= 4 is 28.9 Å². The predicted molar refractivity (Wildman–Crippen MR) is 71.1 cm³/mol. The highest BCUT2D eigenvalue weighted by molar-refractivity contribution is 6.30. The maximum atomic E-state index is 5.91. The molecule has 1 heterocycles. The van der Waals surface area contributed by atoms with E-state index in [1.165, 1.54) is 13.4 Å². The fraction of sp³-hybridized carbons (Fsp3) is 0.0909. The average molecular weight is 266 g/mol. The number of hydrogen-bond acceptors (Lipinski definition) is 6. The Balaban J connectivity index is 2.34. The van der Waals surface area contributed by atoms with Gasteiger partial charge in [0.2, 0.25) is 5.75 Å². The molecule has 1 aromatic carbocycles. The molecule has 4 N–H and O–H groups in total. The second-order valence-electron chi connectivity index (χ2n) is 3.38. The summed E-state index contributed by atoms with van der Waals surface area (Å²) < 4.78 is 5.21. The number of nitrogen functional groups attached to an aromatic ring is 1. The summed E-state index contributed by atoms with van der Waals surface area (Å²) in [5.41, 5.74) is 3.24. The normalized spacial score (nSPS) is 9.94. The topological polar surface area (TPSA) is 85.1 Å². The van der Waals surface area contributed by atoms with Crippen LogP contribution in [0.1, 0.15) is 0 Å². The molecular formula is C11H12ClN5O. The van der Waals surface area contributed by atoms with Crippen molar-refractivity contribution < 1.29 is 4.74 Å². The standard InChI is InChI=1S/C11H12ClN5O/c1-18-9-10(14-6-15-11(9)17-13)16-8-4-2-3-7(12)5-8/h2-6H,13H2,1H3,(H2,14,15,16,17). The number of aromatic nitrogens is 2. The number of nitrogens with one attached hydrogen (secondary N) is 2. The molecule has 18 heavy (non-hydrogen) atoms. The number of methoxy groups -OCH3 is 1. The minimum Gasteiger partial charge on any atom is -0.490 e. The van der Waals surface area contributed by atoms with Crippen LogP contribution in [0.25, 0.3) is 0 Å². The van der Waals surface area contributed by atoms with E-state index in [-0.39, 0.29) is 0 Å². The lowest BCUT2D eigenvalue weighted by atomic mass is 10.3. The number of halogens is 1. The molecule has 0 aliphatic rings. The first-order chi connectivity index (χ1) is 8.74. The van der Waals surface area contributed by atoms with Crippen LogP contribution in [0, 0.1) is 0 Å². The Hall–Kier alpha value is -2.05. The number of rotatable bonds is 4. The third-order valence-electron chi connectivity index (χ3n) is 2.23. The van der Waals surface area contributed by atoms with Crippen LogP contribution in [0.4, 0.5) is 17.3 Å². The summed E-state index contributed by atoms with van der Waals surface area (Å²) in [4.78, 5) is 8.05. The second-order valence-corrected chi connectivity index (χ2v) is 3.82. The number of nitrogens with zero attached hydrogens (tertiary/aromatic N) is 2. The molecule has 2 aromatic rings. The lowest BCUT2D eigenvalue weighted by molar-refractivity contribution is 0.415. The van der Waals surface area contributed by atoms with Crippen LogP contribution in [0.15, 0.2) is 30.6 Å². The van der Waals surface area contributed by atoms with Gasteiger partial charge in [0.05, 0.1) is 7.11 Å². The molecule has 0 fully saturated rings. The molecule has 0 saturated carbocycles. The number of hydrazine groups is 1. The van der Waals surface area contributed by atoms with Crippen molar-refractivity contribution in [1.82, 2.24) is 9.97 Å². The maximum Gasteiger partial charge on any atom is 0.205 e. The zero-order chi connectivity index (χ0) is 13.0.